The lowest BCUT2D eigenvalue weighted by Gasteiger charge is -2.35. The fraction of sp³-hybridized carbons (Fsp3) is 0.538. The van der Waals surface area contributed by atoms with Gasteiger partial charge in [0, 0.05) is 11.7 Å². The van der Waals surface area contributed by atoms with Crippen LogP contribution in [-0.2, 0) is 0 Å². The molecule has 15 heavy (non-hydrogen) atoms. The molecule has 1 aromatic carbocycles. The lowest BCUT2D eigenvalue weighted by Crippen LogP contribution is -2.38. The molecule has 0 N–H and O–H groups in total. The maximum Gasteiger partial charge on any atom is 0.121 e. The lowest BCUT2D eigenvalue weighted by atomic mass is 9.95. The first-order valence-electron chi connectivity index (χ1n) is 6.23. The van der Waals surface area contributed by atoms with Crippen LogP contribution in [-0.4, -0.2) is 15.7 Å². The fourth-order valence-corrected chi connectivity index (χ4v) is 4.12. The summed E-state index contributed by atoms with van der Waals surface area (Å²) < 4.78 is 2.71. The Morgan fingerprint density at radius 1 is 1.07 bits per heavy atom. The minimum atomic E-state index is -0.0818. The Morgan fingerprint density at radius 3 is 2.33 bits per heavy atom. The summed E-state index contributed by atoms with van der Waals surface area (Å²) >= 11 is 0. The molecule has 1 aliphatic rings. The first kappa shape index (κ1) is 10.7. The Balaban J connectivity index is 2.09. The second-order valence-corrected chi connectivity index (χ2v) is 5.73. The Bertz CT molecular complexity index is 280. The normalized spacial score (nSPS) is 18.5. The van der Waals surface area contributed by atoms with Crippen LogP contribution in [0.15, 0.2) is 30.3 Å². The minimum Gasteiger partial charge on any atom is -0.401 e. The molecule has 0 atom stereocenters. The van der Waals surface area contributed by atoms with E-state index in [1.807, 2.05) is 0 Å². The van der Waals surface area contributed by atoms with Gasteiger partial charge in [-0.3, -0.25) is 0 Å². The van der Waals surface area contributed by atoms with Gasteiger partial charge in [-0.1, -0.05) is 44.0 Å². The fourth-order valence-electron chi connectivity index (χ4n) is 2.66. The zero-order valence-corrected chi connectivity index (χ0v) is 11.1. The molecule has 1 fully saturated rings. The Kier molecular flexibility index (Phi) is 3.84. The molecule has 0 aliphatic heterocycles. The van der Waals surface area contributed by atoms with Crippen molar-refractivity contribution in [2.24, 2.45) is 0 Å². The third kappa shape index (κ3) is 2.62. The molecule has 1 saturated carbocycles. The second kappa shape index (κ2) is 5.36. The van der Waals surface area contributed by atoms with Crippen molar-refractivity contribution in [2.75, 3.05) is 4.57 Å². The topological polar surface area (TPSA) is 3.24 Å². The predicted octanol–water partition coefficient (Wildman–Crippen LogP) is 2.96. The van der Waals surface area contributed by atoms with Gasteiger partial charge in [-0.25, -0.2) is 0 Å². The van der Waals surface area contributed by atoms with Crippen LogP contribution in [0.5, 0.6) is 0 Å². The second-order valence-electron chi connectivity index (χ2n) is 4.41. The van der Waals surface area contributed by atoms with Crippen LogP contribution >= 0.6 is 0 Å². The number of hydrogen-bond acceptors (Lipinski definition) is 1. The third-order valence-corrected chi connectivity index (χ3v) is 5.01. The highest BCUT2D eigenvalue weighted by molar-refractivity contribution is 6.39. The molecule has 1 nitrogen and oxygen atoms in total. The molecular formula is C13H21NSi. The van der Waals surface area contributed by atoms with Crippen molar-refractivity contribution >= 4 is 15.4 Å². The third-order valence-electron chi connectivity index (χ3n) is 3.44. The van der Waals surface area contributed by atoms with Gasteiger partial charge in [-0.05, 0) is 25.0 Å². The number of nitrogens with zero attached hydrogens (tertiary/aromatic N) is 1. The highest BCUT2D eigenvalue weighted by Gasteiger charge is 2.19. The summed E-state index contributed by atoms with van der Waals surface area (Å²) in [6, 6.07) is 11.8. The number of anilines is 1. The van der Waals surface area contributed by atoms with Gasteiger partial charge in [-0.2, -0.15) is 0 Å². The standard InChI is InChI=1S/C13H21NSi/c1-15-14(12-8-4-2-5-9-12)13-10-6-3-7-11-13/h2,4-5,8-9,13H,3,6-7,10-11,15H2,1H3. The molecular weight excluding hydrogens is 198 g/mol. The van der Waals surface area contributed by atoms with Gasteiger partial charge in [0.05, 0.1) is 0 Å². The summed E-state index contributed by atoms with van der Waals surface area (Å²) in [5.41, 5.74) is 1.46. The Hall–Kier alpha value is -0.763. The van der Waals surface area contributed by atoms with Crippen LogP contribution in [0.1, 0.15) is 32.1 Å². The lowest BCUT2D eigenvalue weighted by molar-refractivity contribution is 0.443. The smallest absolute Gasteiger partial charge is 0.121 e. The molecule has 1 aromatic rings. The van der Waals surface area contributed by atoms with Gasteiger partial charge in [-0.15, -0.1) is 0 Å². The van der Waals surface area contributed by atoms with Gasteiger partial charge in [0.2, 0.25) is 0 Å². The molecule has 0 saturated heterocycles. The first-order valence-corrected chi connectivity index (χ1v) is 8.28. The summed E-state index contributed by atoms with van der Waals surface area (Å²) in [7, 11) is -0.0818. The van der Waals surface area contributed by atoms with Crippen molar-refractivity contribution in [3.8, 4) is 0 Å². The Morgan fingerprint density at radius 2 is 1.73 bits per heavy atom. The largest absolute Gasteiger partial charge is 0.401 e. The molecule has 0 aromatic heterocycles. The highest BCUT2D eigenvalue weighted by Crippen LogP contribution is 2.26. The average Bonchev–Trinajstić information content (AvgIpc) is 2.33. The predicted molar refractivity (Wildman–Crippen MR) is 70.2 cm³/mol. The van der Waals surface area contributed by atoms with Crippen LogP contribution in [0.3, 0.4) is 0 Å². The van der Waals surface area contributed by atoms with Gasteiger partial charge in [0.1, 0.15) is 9.68 Å². The van der Waals surface area contributed by atoms with E-state index in [1.54, 1.807) is 0 Å². The highest BCUT2D eigenvalue weighted by atomic mass is 28.2. The van der Waals surface area contributed by atoms with E-state index in [9.17, 15) is 0 Å². The van der Waals surface area contributed by atoms with E-state index in [0.717, 1.165) is 6.04 Å². The van der Waals surface area contributed by atoms with Crippen LogP contribution in [0.4, 0.5) is 5.69 Å². The van der Waals surface area contributed by atoms with E-state index < -0.39 is 0 Å². The molecule has 1 aliphatic carbocycles. The molecule has 0 amide bonds. The maximum absolute atomic E-state index is 2.71. The summed E-state index contributed by atoms with van der Waals surface area (Å²) in [6.07, 6.45) is 7.14. The van der Waals surface area contributed by atoms with Crippen molar-refractivity contribution < 1.29 is 0 Å². The van der Waals surface area contributed by atoms with E-state index in [-0.39, 0.29) is 9.68 Å². The summed E-state index contributed by atoms with van der Waals surface area (Å²) in [4.78, 5) is 0. The molecule has 82 valence electrons. The zero-order valence-electron chi connectivity index (χ0n) is 9.65. The van der Waals surface area contributed by atoms with E-state index in [0.29, 0.717) is 0 Å². The van der Waals surface area contributed by atoms with Crippen LogP contribution in [0, 0.1) is 0 Å². The monoisotopic (exact) mass is 219 g/mol. The molecule has 0 heterocycles. The first-order chi connectivity index (χ1) is 7.42. The molecule has 0 spiro atoms. The minimum absolute atomic E-state index is 0.0818. The van der Waals surface area contributed by atoms with Crippen LogP contribution < -0.4 is 4.57 Å². The summed E-state index contributed by atoms with van der Waals surface area (Å²) in [5, 5.41) is 0. The van der Waals surface area contributed by atoms with Crippen molar-refractivity contribution in [1.82, 2.24) is 0 Å². The van der Waals surface area contributed by atoms with Gasteiger partial charge >= 0.3 is 0 Å². The summed E-state index contributed by atoms with van der Waals surface area (Å²) in [6.45, 7) is 2.40. The van der Waals surface area contributed by atoms with E-state index in [2.05, 4.69) is 41.4 Å². The Labute approximate surface area is 95.4 Å². The van der Waals surface area contributed by atoms with E-state index >= 15 is 0 Å². The molecule has 2 heteroatoms. The van der Waals surface area contributed by atoms with Crippen molar-refractivity contribution in [2.45, 2.75) is 44.7 Å². The van der Waals surface area contributed by atoms with Gasteiger partial charge in [0.15, 0.2) is 0 Å². The molecule has 0 bridgehead atoms. The SMILES string of the molecule is C[SiH2]N(c1ccccc1)C1CCCCC1. The number of para-hydroxylation sites is 1. The van der Waals surface area contributed by atoms with Crippen LogP contribution in [0.25, 0.3) is 0 Å². The molecule has 0 unspecified atom stereocenters. The number of rotatable bonds is 3. The number of hydrogen-bond donors (Lipinski definition) is 0. The van der Waals surface area contributed by atoms with E-state index in [1.165, 1.54) is 37.8 Å². The zero-order chi connectivity index (χ0) is 10.5. The van der Waals surface area contributed by atoms with Gasteiger partial charge < -0.3 is 4.57 Å². The average molecular weight is 219 g/mol. The number of benzene rings is 1. The van der Waals surface area contributed by atoms with Crippen molar-refractivity contribution in [3.05, 3.63) is 30.3 Å². The van der Waals surface area contributed by atoms with Gasteiger partial charge in [0.25, 0.3) is 0 Å². The van der Waals surface area contributed by atoms with Crippen LogP contribution in [0.2, 0.25) is 6.55 Å². The van der Waals surface area contributed by atoms with Crippen molar-refractivity contribution in [3.63, 3.8) is 0 Å². The molecule has 2 rings (SSSR count). The maximum atomic E-state index is 2.71. The summed E-state index contributed by atoms with van der Waals surface area (Å²) in [5.74, 6) is 0. The van der Waals surface area contributed by atoms with E-state index in [4.69, 9.17) is 0 Å². The quantitative estimate of drug-likeness (QED) is 0.707. The van der Waals surface area contributed by atoms with Crippen molar-refractivity contribution in [1.29, 1.82) is 0 Å². The molecule has 0 radical (unpaired) electrons.